The molecule has 126 valence electrons. The fourth-order valence-electron chi connectivity index (χ4n) is 5.81. The molecule has 0 aromatic rings. The van der Waals surface area contributed by atoms with E-state index in [2.05, 4.69) is 11.8 Å². The number of carbonyl (C=O) groups excluding carboxylic acids is 1. The molecule has 22 heavy (non-hydrogen) atoms. The Bertz CT molecular complexity index is 400. The Morgan fingerprint density at radius 3 is 2.27 bits per heavy atom. The number of morpholine rings is 1. The molecule has 0 radical (unpaired) electrons. The zero-order valence-electron chi connectivity index (χ0n) is 14.1. The van der Waals surface area contributed by atoms with Gasteiger partial charge in [0.15, 0.2) is 0 Å². The topological polar surface area (TPSA) is 55.6 Å². The Balaban J connectivity index is 2.03. The van der Waals surface area contributed by atoms with Crippen LogP contribution in [0.4, 0.5) is 0 Å². The lowest BCUT2D eigenvalue weighted by molar-refractivity contribution is -0.164. The van der Waals surface area contributed by atoms with Crippen molar-refractivity contribution in [1.82, 2.24) is 4.90 Å². The lowest BCUT2D eigenvalue weighted by Gasteiger charge is -2.61. The van der Waals surface area contributed by atoms with Crippen molar-refractivity contribution in [3.63, 3.8) is 0 Å². The van der Waals surface area contributed by atoms with Crippen LogP contribution in [-0.2, 0) is 9.53 Å². The molecule has 2 N–H and O–H groups in total. The van der Waals surface area contributed by atoms with Crippen LogP contribution in [-0.4, -0.2) is 42.6 Å². The van der Waals surface area contributed by atoms with E-state index in [1.54, 1.807) is 0 Å². The molecular formula is C18H32N2O2. The average molecular weight is 308 g/mol. The van der Waals surface area contributed by atoms with Crippen LogP contribution in [0.2, 0.25) is 0 Å². The molecule has 0 spiro atoms. The second kappa shape index (κ2) is 6.48. The molecule has 4 nitrogen and oxygen atoms in total. The monoisotopic (exact) mass is 308 g/mol. The van der Waals surface area contributed by atoms with Crippen molar-refractivity contribution in [2.75, 3.05) is 26.3 Å². The number of hydrogen-bond acceptors (Lipinski definition) is 3. The van der Waals surface area contributed by atoms with Gasteiger partial charge in [-0.25, -0.2) is 0 Å². The average Bonchev–Trinajstić information content (AvgIpc) is 2.56. The van der Waals surface area contributed by atoms with Crippen molar-refractivity contribution in [2.45, 2.75) is 70.3 Å². The Labute approximate surface area is 134 Å². The number of primary amides is 1. The number of carbonyl (C=O) groups is 1. The maximum Gasteiger partial charge on any atom is 0.225 e. The van der Waals surface area contributed by atoms with Gasteiger partial charge in [0, 0.05) is 18.6 Å². The SMILES string of the molecule is CC1CCCCC1(C(N)=O)C1(N2CCOCC2)CCCCC1. The highest BCUT2D eigenvalue weighted by atomic mass is 16.5. The first-order valence-corrected chi connectivity index (χ1v) is 9.26. The summed E-state index contributed by atoms with van der Waals surface area (Å²) in [5.41, 5.74) is 5.77. The van der Waals surface area contributed by atoms with Crippen LogP contribution in [0.3, 0.4) is 0 Å². The second-order valence-electron chi connectivity index (χ2n) is 7.67. The molecule has 3 aliphatic rings. The quantitative estimate of drug-likeness (QED) is 0.872. The molecule has 2 saturated carbocycles. The maximum atomic E-state index is 12.8. The summed E-state index contributed by atoms with van der Waals surface area (Å²) in [5.74, 6) is 0.368. The van der Waals surface area contributed by atoms with E-state index in [1.807, 2.05) is 0 Å². The van der Waals surface area contributed by atoms with Crippen molar-refractivity contribution in [1.29, 1.82) is 0 Å². The van der Waals surface area contributed by atoms with Gasteiger partial charge in [0.05, 0.1) is 18.6 Å². The largest absolute Gasteiger partial charge is 0.379 e. The minimum absolute atomic E-state index is 0.0132. The van der Waals surface area contributed by atoms with Crippen LogP contribution in [0, 0.1) is 11.3 Å². The van der Waals surface area contributed by atoms with Crippen LogP contribution >= 0.6 is 0 Å². The molecule has 4 heteroatoms. The van der Waals surface area contributed by atoms with E-state index in [-0.39, 0.29) is 16.9 Å². The van der Waals surface area contributed by atoms with Gasteiger partial charge in [0.1, 0.15) is 0 Å². The summed E-state index contributed by atoms with van der Waals surface area (Å²) in [6, 6.07) is 0. The first-order chi connectivity index (χ1) is 10.6. The predicted molar refractivity (Wildman–Crippen MR) is 87.5 cm³/mol. The number of ether oxygens (including phenoxy) is 1. The summed E-state index contributed by atoms with van der Waals surface area (Å²) in [6.07, 6.45) is 10.6. The van der Waals surface area contributed by atoms with E-state index in [0.717, 1.165) is 58.4 Å². The van der Waals surface area contributed by atoms with Crippen LogP contribution < -0.4 is 5.73 Å². The summed E-state index contributed by atoms with van der Waals surface area (Å²) in [4.78, 5) is 15.4. The number of amides is 1. The predicted octanol–water partition coefficient (Wildman–Crippen LogP) is 2.70. The van der Waals surface area contributed by atoms with E-state index in [9.17, 15) is 4.79 Å². The number of hydrogen-bond donors (Lipinski definition) is 1. The fraction of sp³-hybridized carbons (Fsp3) is 0.944. The van der Waals surface area contributed by atoms with E-state index >= 15 is 0 Å². The Morgan fingerprint density at radius 2 is 1.68 bits per heavy atom. The highest BCUT2D eigenvalue weighted by Gasteiger charge is 2.60. The molecular weight excluding hydrogens is 276 g/mol. The molecule has 2 atom stereocenters. The van der Waals surface area contributed by atoms with Gasteiger partial charge in [-0.3, -0.25) is 9.69 Å². The summed E-state index contributed by atoms with van der Waals surface area (Å²) in [5, 5.41) is 0. The smallest absolute Gasteiger partial charge is 0.225 e. The molecule has 0 bridgehead atoms. The van der Waals surface area contributed by atoms with Crippen molar-refractivity contribution in [3.05, 3.63) is 0 Å². The molecule has 1 saturated heterocycles. The molecule has 2 aliphatic carbocycles. The van der Waals surface area contributed by atoms with Gasteiger partial charge in [-0.05, 0) is 31.6 Å². The third-order valence-corrected chi connectivity index (χ3v) is 6.87. The van der Waals surface area contributed by atoms with Gasteiger partial charge < -0.3 is 10.5 Å². The summed E-state index contributed by atoms with van der Waals surface area (Å²) < 4.78 is 5.59. The van der Waals surface area contributed by atoms with Crippen LogP contribution in [0.15, 0.2) is 0 Å². The number of rotatable bonds is 3. The third kappa shape index (κ3) is 2.39. The molecule has 0 aromatic heterocycles. The van der Waals surface area contributed by atoms with Gasteiger partial charge in [0.25, 0.3) is 0 Å². The maximum absolute atomic E-state index is 12.8. The number of nitrogens with zero attached hydrogens (tertiary/aromatic N) is 1. The minimum atomic E-state index is -0.330. The minimum Gasteiger partial charge on any atom is -0.379 e. The van der Waals surface area contributed by atoms with Crippen molar-refractivity contribution in [3.8, 4) is 0 Å². The van der Waals surface area contributed by atoms with Crippen LogP contribution in [0.5, 0.6) is 0 Å². The molecule has 2 unspecified atom stereocenters. The van der Waals surface area contributed by atoms with Gasteiger partial charge >= 0.3 is 0 Å². The van der Waals surface area contributed by atoms with E-state index in [4.69, 9.17) is 10.5 Å². The zero-order chi connectivity index (χ0) is 15.6. The first kappa shape index (κ1) is 16.3. The third-order valence-electron chi connectivity index (χ3n) is 6.87. The Kier molecular flexibility index (Phi) is 4.79. The van der Waals surface area contributed by atoms with Crippen LogP contribution in [0.1, 0.15) is 64.7 Å². The Morgan fingerprint density at radius 1 is 1.05 bits per heavy atom. The van der Waals surface area contributed by atoms with Crippen molar-refractivity contribution >= 4 is 5.91 Å². The number of nitrogens with two attached hydrogens (primary N) is 1. The molecule has 1 amide bonds. The van der Waals surface area contributed by atoms with Crippen molar-refractivity contribution < 1.29 is 9.53 Å². The molecule has 3 fully saturated rings. The standard InChI is InChI=1S/C18H32N2O2/c1-15-7-3-6-10-18(15,16(19)21)17(8-4-2-5-9-17)20-11-13-22-14-12-20/h15H,2-14H2,1H3,(H2,19,21). The van der Waals surface area contributed by atoms with Crippen LogP contribution in [0.25, 0.3) is 0 Å². The first-order valence-electron chi connectivity index (χ1n) is 9.26. The summed E-state index contributed by atoms with van der Waals surface area (Å²) in [7, 11) is 0. The van der Waals surface area contributed by atoms with Gasteiger partial charge in [-0.15, -0.1) is 0 Å². The summed E-state index contributed by atoms with van der Waals surface area (Å²) in [6.45, 7) is 5.79. The van der Waals surface area contributed by atoms with Gasteiger partial charge in [-0.2, -0.15) is 0 Å². The lowest BCUT2D eigenvalue weighted by Crippen LogP contribution is -2.69. The molecule has 1 heterocycles. The van der Waals surface area contributed by atoms with Gasteiger partial charge in [0.2, 0.25) is 5.91 Å². The second-order valence-corrected chi connectivity index (χ2v) is 7.67. The summed E-state index contributed by atoms with van der Waals surface area (Å²) >= 11 is 0. The molecule has 0 aromatic carbocycles. The van der Waals surface area contributed by atoms with E-state index in [0.29, 0.717) is 5.92 Å². The lowest BCUT2D eigenvalue weighted by atomic mass is 9.51. The van der Waals surface area contributed by atoms with Crippen molar-refractivity contribution in [2.24, 2.45) is 17.1 Å². The van der Waals surface area contributed by atoms with Gasteiger partial charge in [-0.1, -0.05) is 39.0 Å². The normalized spacial score (nSPS) is 36.9. The Hall–Kier alpha value is -0.610. The molecule has 1 aliphatic heterocycles. The molecule has 3 rings (SSSR count). The zero-order valence-corrected chi connectivity index (χ0v) is 14.1. The highest BCUT2D eigenvalue weighted by molar-refractivity contribution is 5.83. The fourth-order valence-corrected chi connectivity index (χ4v) is 5.81. The highest BCUT2D eigenvalue weighted by Crippen LogP contribution is 2.56. The van der Waals surface area contributed by atoms with E-state index < -0.39 is 0 Å². The van der Waals surface area contributed by atoms with E-state index in [1.165, 1.54) is 25.7 Å².